The normalized spacial score (nSPS) is 16.2. The van der Waals surface area contributed by atoms with Crippen LogP contribution < -0.4 is 10.1 Å². The van der Waals surface area contributed by atoms with E-state index in [9.17, 15) is 14.4 Å². The predicted molar refractivity (Wildman–Crippen MR) is 100 cm³/mol. The summed E-state index contributed by atoms with van der Waals surface area (Å²) in [5.41, 5.74) is 1.17. The summed E-state index contributed by atoms with van der Waals surface area (Å²) in [7, 11) is 0. The number of amides is 2. The van der Waals surface area contributed by atoms with Crippen molar-refractivity contribution in [3.05, 3.63) is 60.2 Å². The van der Waals surface area contributed by atoms with Crippen molar-refractivity contribution in [1.82, 2.24) is 4.90 Å². The maximum absolute atomic E-state index is 12.6. The molecule has 2 aromatic carbocycles. The first kappa shape index (κ1) is 18.0. The quantitative estimate of drug-likeness (QED) is 0.662. The lowest BCUT2D eigenvalue weighted by Gasteiger charge is -2.22. The van der Waals surface area contributed by atoms with Crippen LogP contribution in [0, 0.1) is 0 Å². The number of esters is 1. The Morgan fingerprint density at radius 1 is 1.08 bits per heavy atom. The molecule has 2 amide bonds. The van der Waals surface area contributed by atoms with Crippen LogP contribution in [0.4, 0.5) is 5.69 Å². The molecule has 1 aliphatic rings. The fourth-order valence-electron chi connectivity index (χ4n) is 2.58. The minimum Gasteiger partial charge on any atom is -0.425 e. The van der Waals surface area contributed by atoms with E-state index in [0.29, 0.717) is 28.6 Å². The summed E-state index contributed by atoms with van der Waals surface area (Å²) >= 11 is 1.52. The molecule has 1 heterocycles. The van der Waals surface area contributed by atoms with Crippen LogP contribution in [0.3, 0.4) is 0 Å². The van der Waals surface area contributed by atoms with Crippen molar-refractivity contribution in [3.63, 3.8) is 0 Å². The Kier molecular flexibility index (Phi) is 5.58. The monoisotopic (exact) mass is 370 g/mol. The van der Waals surface area contributed by atoms with E-state index in [4.69, 9.17) is 4.74 Å². The number of nitrogens with one attached hydrogen (secondary N) is 1. The zero-order valence-corrected chi connectivity index (χ0v) is 15.0. The number of thioether (sulfide) groups is 1. The first-order chi connectivity index (χ1) is 12.5. The van der Waals surface area contributed by atoms with Crippen molar-refractivity contribution < 1.29 is 19.1 Å². The summed E-state index contributed by atoms with van der Waals surface area (Å²) in [6.07, 6.45) is 0. The number of ether oxygens (including phenoxy) is 1. The molecule has 1 aliphatic heterocycles. The van der Waals surface area contributed by atoms with Gasteiger partial charge in [-0.25, -0.2) is 4.79 Å². The second-order valence-electron chi connectivity index (χ2n) is 5.78. The maximum atomic E-state index is 12.6. The van der Waals surface area contributed by atoms with Crippen molar-refractivity contribution in [2.24, 2.45) is 0 Å². The molecule has 0 radical (unpaired) electrons. The molecule has 1 fully saturated rings. The van der Waals surface area contributed by atoms with Crippen molar-refractivity contribution >= 4 is 35.2 Å². The van der Waals surface area contributed by atoms with Crippen LogP contribution in [-0.2, 0) is 9.59 Å². The average molecular weight is 370 g/mol. The molecule has 0 aromatic heterocycles. The third-order valence-corrected chi connectivity index (χ3v) is 4.84. The summed E-state index contributed by atoms with van der Waals surface area (Å²) < 4.78 is 5.42. The summed E-state index contributed by atoms with van der Waals surface area (Å²) in [4.78, 5) is 37.7. The van der Waals surface area contributed by atoms with E-state index < -0.39 is 12.0 Å². The minimum absolute atomic E-state index is 0.173. The van der Waals surface area contributed by atoms with Gasteiger partial charge in [-0.15, -0.1) is 11.8 Å². The highest BCUT2D eigenvalue weighted by molar-refractivity contribution is 7.99. The predicted octanol–water partition coefficient (Wildman–Crippen LogP) is 2.77. The van der Waals surface area contributed by atoms with Gasteiger partial charge in [0.05, 0.1) is 5.88 Å². The third kappa shape index (κ3) is 4.23. The van der Waals surface area contributed by atoms with Gasteiger partial charge in [-0.3, -0.25) is 9.59 Å². The Balaban J connectivity index is 1.67. The first-order valence-electron chi connectivity index (χ1n) is 8.07. The van der Waals surface area contributed by atoms with Crippen LogP contribution in [0.25, 0.3) is 0 Å². The van der Waals surface area contributed by atoms with Crippen LogP contribution in [0.1, 0.15) is 17.3 Å². The van der Waals surface area contributed by atoms with Gasteiger partial charge in [0, 0.05) is 23.9 Å². The molecule has 1 atom stereocenters. The second-order valence-corrected chi connectivity index (χ2v) is 6.78. The fourth-order valence-corrected chi connectivity index (χ4v) is 3.72. The summed E-state index contributed by atoms with van der Waals surface area (Å²) in [5.74, 6) is 0.502. The van der Waals surface area contributed by atoms with E-state index in [1.54, 1.807) is 48.5 Å². The molecule has 26 heavy (non-hydrogen) atoms. The molecular formula is C19H18N2O4S. The molecule has 6 nitrogen and oxygen atoms in total. The smallest absolute Gasteiger partial charge is 0.335 e. The van der Waals surface area contributed by atoms with E-state index in [1.165, 1.54) is 23.6 Å². The van der Waals surface area contributed by atoms with E-state index in [-0.39, 0.29) is 11.8 Å². The zero-order valence-electron chi connectivity index (χ0n) is 14.2. The molecule has 134 valence electrons. The highest BCUT2D eigenvalue weighted by Gasteiger charge is 2.36. The molecule has 0 bridgehead atoms. The largest absolute Gasteiger partial charge is 0.425 e. The third-order valence-electron chi connectivity index (χ3n) is 3.83. The van der Waals surface area contributed by atoms with Gasteiger partial charge in [0.2, 0.25) is 5.91 Å². The van der Waals surface area contributed by atoms with Crippen LogP contribution in [0.5, 0.6) is 5.75 Å². The molecule has 1 unspecified atom stereocenters. The summed E-state index contributed by atoms with van der Waals surface area (Å²) in [5, 5.41) is 2.64. The molecule has 0 spiro atoms. The van der Waals surface area contributed by atoms with Gasteiger partial charge in [0.25, 0.3) is 5.91 Å². The lowest BCUT2D eigenvalue weighted by molar-refractivity contribution is -0.138. The SMILES string of the molecule is CC(=O)Nc1ccc(OC(=O)C2CSCN2C(=O)c2ccccc2)cc1. The Labute approximate surface area is 155 Å². The minimum atomic E-state index is -0.622. The van der Waals surface area contributed by atoms with Crippen molar-refractivity contribution in [3.8, 4) is 5.75 Å². The lowest BCUT2D eigenvalue weighted by Crippen LogP contribution is -2.43. The van der Waals surface area contributed by atoms with Gasteiger partial charge in [-0.05, 0) is 36.4 Å². The zero-order chi connectivity index (χ0) is 18.5. The number of nitrogens with zero attached hydrogens (tertiary/aromatic N) is 1. The standard InChI is InChI=1S/C19H18N2O4S/c1-13(22)20-15-7-9-16(10-8-15)25-19(24)17-11-26-12-21(17)18(23)14-5-3-2-4-6-14/h2-10,17H,11-12H2,1H3,(H,20,22). The van der Waals surface area contributed by atoms with Gasteiger partial charge in [-0.1, -0.05) is 18.2 Å². The number of anilines is 1. The Morgan fingerprint density at radius 3 is 2.42 bits per heavy atom. The second kappa shape index (κ2) is 8.05. The van der Waals surface area contributed by atoms with Crippen LogP contribution in [-0.4, -0.2) is 40.4 Å². The Hall–Kier alpha value is -2.80. The number of carbonyl (C=O) groups excluding carboxylic acids is 3. The molecule has 2 aromatic rings. The molecule has 0 aliphatic carbocycles. The molecule has 1 N–H and O–H groups in total. The fraction of sp³-hybridized carbons (Fsp3) is 0.211. The number of hydrogen-bond acceptors (Lipinski definition) is 5. The summed E-state index contributed by atoms with van der Waals surface area (Å²) in [6, 6.07) is 14.8. The van der Waals surface area contributed by atoms with Crippen LogP contribution in [0.15, 0.2) is 54.6 Å². The molecular weight excluding hydrogens is 352 g/mol. The van der Waals surface area contributed by atoms with Crippen molar-refractivity contribution in [2.75, 3.05) is 16.9 Å². The molecule has 1 saturated heterocycles. The summed E-state index contributed by atoms with van der Waals surface area (Å²) in [6.45, 7) is 1.42. The average Bonchev–Trinajstić information content (AvgIpc) is 3.13. The highest BCUT2D eigenvalue weighted by Crippen LogP contribution is 2.25. The topological polar surface area (TPSA) is 75.7 Å². The van der Waals surface area contributed by atoms with Gasteiger partial charge in [0.1, 0.15) is 11.8 Å². The van der Waals surface area contributed by atoms with E-state index in [1.807, 2.05) is 6.07 Å². The van der Waals surface area contributed by atoms with E-state index in [2.05, 4.69) is 5.32 Å². The highest BCUT2D eigenvalue weighted by atomic mass is 32.2. The maximum Gasteiger partial charge on any atom is 0.335 e. The lowest BCUT2D eigenvalue weighted by atomic mass is 10.2. The Bertz CT molecular complexity index is 808. The number of benzene rings is 2. The number of hydrogen-bond donors (Lipinski definition) is 1. The first-order valence-corrected chi connectivity index (χ1v) is 9.23. The molecule has 0 saturated carbocycles. The molecule has 7 heteroatoms. The van der Waals surface area contributed by atoms with Gasteiger partial charge >= 0.3 is 5.97 Å². The van der Waals surface area contributed by atoms with Gasteiger partial charge in [0.15, 0.2) is 0 Å². The van der Waals surface area contributed by atoms with Crippen LogP contribution >= 0.6 is 11.8 Å². The van der Waals surface area contributed by atoms with Gasteiger partial charge in [-0.2, -0.15) is 0 Å². The van der Waals surface area contributed by atoms with E-state index in [0.717, 1.165) is 0 Å². The van der Waals surface area contributed by atoms with Crippen molar-refractivity contribution in [1.29, 1.82) is 0 Å². The van der Waals surface area contributed by atoms with Crippen LogP contribution in [0.2, 0.25) is 0 Å². The van der Waals surface area contributed by atoms with Crippen molar-refractivity contribution in [2.45, 2.75) is 13.0 Å². The van der Waals surface area contributed by atoms with E-state index >= 15 is 0 Å². The number of carbonyl (C=O) groups is 3. The molecule has 3 rings (SSSR count). The Morgan fingerprint density at radius 2 is 1.77 bits per heavy atom. The van der Waals surface area contributed by atoms with Gasteiger partial charge < -0.3 is 15.0 Å². The number of rotatable bonds is 4.